The van der Waals surface area contributed by atoms with Crippen molar-refractivity contribution >= 4 is 5.69 Å². The number of benzene rings is 1. The average molecular weight is 272 g/mol. The molecule has 104 valence electrons. The number of non-ortho nitro benzene ring substituents is 1. The van der Waals surface area contributed by atoms with E-state index in [-0.39, 0.29) is 11.7 Å². The zero-order chi connectivity index (χ0) is 14.7. The van der Waals surface area contributed by atoms with E-state index in [1.54, 1.807) is 12.1 Å². The zero-order valence-corrected chi connectivity index (χ0v) is 11.4. The average Bonchev–Trinajstić information content (AvgIpc) is 2.37. The van der Waals surface area contributed by atoms with Gasteiger partial charge in [0.2, 0.25) is 0 Å². The summed E-state index contributed by atoms with van der Waals surface area (Å²) in [7, 11) is 0. The molecule has 2 rings (SSSR count). The molecule has 0 aliphatic carbocycles. The molecule has 0 saturated heterocycles. The first-order chi connectivity index (χ1) is 9.45. The van der Waals surface area contributed by atoms with Gasteiger partial charge in [-0.3, -0.25) is 10.1 Å². The smallest absolute Gasteiger partial charge is 0.270 e. The third kappa shape index (κ3) is 3.36. The van der Waals surface area contributed by atoms with Gasteiger partial charge in [0.05, 0.1) is 4.92 Å². The number of nitro groups is 1. The minimum atomic E-state index is -0.428. The van der Waals surface area contributed by atoms with Gasteiger partial charge in [-0.2, -0.15) is 0 Å². The molecular formula is C14H16N4O2. The summed E-state index contributed by atoms with van der Waals surface area (Å²) in [5.74, 6) is 0.490. The topological polar surface area (TPSA) is 94.9 Å². The predicted octanol–water partition coefficient (Wildman–Crippen LogP) is 2.25. The first kappa shape index (κ1) is 14.1. The van der Waals surface area contributed by atoms with Crippen LogP contribution in [0.25, 0.3) is 11.4 Å². The molecule has 1 unspecified atom stereocenters. The normalized spacial score (nSPS) is 12.2. The molecule has 6 nitrogen and oxygen atoms in total. The van der Waals surface area contributed by atoms with Crippen LogP contribution in [0, 0.1) is 17.0 Å². The molecule has 1 aromatic heterocycles. The van der Waals surface area contributed by atoms with E-state index < -0.39 is 4.92 Å². The Kier molecular flexibility index (Phi) is 4.05. The fourth-order valence-electron chi connectivity index (χ4n) is 1.96. The van der Waals surface area contributed by atoms with Gasteiger partial charge in [0.1, 0.15) is 0 Å². The largest absolute Gasteiger partial charge is 0.328 e. The number of nitrogens with two attached hydrogens (primary N) is 1. The summed E-state index contributed by atoms with van der Waals surface area (Å²) < 4.78 is 0. The molecule has 2 aromatic rings. The maximum atomic E-state index is 10.8. The van der Waals surface area contributed by atoms with Crippen molar-refractivity contribution in [1.29, 1.82) is 0 Å². The fraction of sp³-hybridized carbons (Fsp3) is 0.286. The van der Waals surface area contributed by atoms with E-state index in [1.165, 1.54) is 12.1 Å². The molecule has 0 amide bonds. The number of aromatic nitrogens is 2. The van der Waals surface area contributed by atoms with Crippen LogP contribution in [0.15, 0.2) is 30.3 Å². The first-order valence-electron chi connectivity index (χ1n) is 6.30. The second-order valence-corrected chi connectivity index (χ2v) is 4.81. The van der Waals surface area contributed by atoms with Crippen LogP contribution in [-0.2, 0) is 6.42 Å². The van der Waals surface area contributed by atoms with E-state index in [9.17, 15) is 10.1 Å². The van der Waals surface area contributed by atoms with Gasteiger partial charge in [0.25, 0.3) is 5.69 Å². The molecule has 6 heteroatoms. The Balaban J connectivity index is 2.44. The summed E-state index contributed by atoms with van der Waals surface area (Å²) in [6.07, 6.45) is 0.644. The molecule has 0 aliphatic heterocycles. The minimum Gasteiger partial charge on any atom is -0.328 e. The van der Waals surface area contributed by atoms with Crippen LogP contribution < -0.4 is 5.73 Å². The molecular weight excluding hydrogens is 256 g/mol. The van der Waals surface area contributed by atoms with Crippen LogP contribution in [0.2, 0.25) is 0 Å². The highest BCUT2D eigenvalue weighted by Gasteiger charge is 2.11. The summed E-state index contributed by atoms with van der Waals surface area (Å²) in [5, 5.41) is 10.8. The number of hydrogen-bond donors (Lipinski definition) is 1. The number of hydrogen-bond acceptors (Lipinski definition) is 5. The van der Waals surface area contributed by atoms with Gasteiger partial charge in [-0.05, 0) is 19.9 Å². The van der Waals surface area contributed by atoms with Crippen molar-refractivity contribution in [1.82, 2.24) is 9.97 Å². The molecule has 0 bridgehead atoms. The van der Waals surface area contributed by atoms with Crippen LogP contribution in [0.5, 0.6) is 0 Å². The number of aryl methyl sites for hydroxylation is 1. The highest BCUT2D eigenvalue weighted by Crippen LogP contribution is 2.21. The molecule has 1 heterocycles. The first-order valence-corrected chi connectivity index (χ1v) is 6.30. The van der Waals surface area contributed by atoms with E-state index in [0.29, 0.717) is 17.8 Å². The van der Waals surface area contributed by atoms with E-state index in [0.717, 1.165) is 11.4 Å². The van der Waals surface area contributed by atoms with Crippen molar-refractivity contribution in [2.45, 2.75) is 26.3 Å². The lowest BCUT2D eigenvalue weighted by atomic mass is 10.1. The molecule has 20 heavy (non-hydrogen) atoms. The third-order valence-corrected chi connectivity index (χ3v) is 2.75. The van der Waals surface area contributed by atoms with E-state index >= 15 is 0 Å². The third-order valence-electron chi connectivity index (χ3n) is 2.75. The van der Waals surface area contributed by atoms with Gasteiger partial charge < -0.3 is 5.73 Å². The lowest BCUT2D eigenvalue weighted by Crippen LogP contribution is -2.19. The van der Waals surface area contributed by atoms with Crippen molar-refractivity contribution in [3.63, 3.8) is 0 Å². The zero-order valence-electron chi connectivity index (χ0n) is 11.4. The van der Waals surface area contributed by atoms with E-state index in [1.807, 2.05) is 19.9 Å². The van der Waals surface area contributed by atoms with Gasteiger partial charge in [0, 0.05) is 41.5 Å². The number of nitro benzene ring substituents is 1. The Morgan fingerprint density at radius 3 is 2.75 bits per heavy atom. The van der Waals surface area contributed by atoms with Crippen LogP contribution >= 0.6 is 0 Å². The highest BCUT2D eigenvalue weighted by molar-refractivity contribution is 5.59. The lowest BCUT2D eigenvalue weighted by molar-refractivity contribution is -0.384. The van der Waals surface area contributed by atoms with E-state index in [2.05, 4.69) is 9.97 Å². The van der Waals surface area contributed by atoms with Gasteiger partial charge in [0.15, 0.2) is 5.82 Å². The second kappa shape index (κ2) is 5.75. The van der Waals surface area contributed by atoms with Crippen LogP contribution in [0.4, 0.5) is 5.69 Å². The summed E-state index contributed by atoms with van der Waals surface area (Å²) in [6.45, 7) is 3.78. The quantitative estimate of drug-likeness (QED) is 0.680. The molecule has 0 fully saturated rings. The monoisotopic (exact) mass is 272 g/mol. The second-order valence-electron chi connectivity index (χ2n) is 4.81. The van der Waals surface area contributed by atoms with Gasteiger partial charge >= 0.3 is 0 Å². The predicted molar refractivity (Wildman–Crippen MR) is 76.2 cm³/mol. The number of rotatable bonds is 4. The molecule has 0 radical (unpaired) electrons. The molecule has 0 aliphatic rings. The Hall–Kier alpha value is -2.34. The van der Waals surface area contributed by atoms with Crippen molar-refractivity contribution < 1.29 is 4.92 Å². The van der Waals surface area contributed by atoms with Gasteiger partial charge in [-0.25, -0.2) is 9.97 Å². The molecule has 0 spiro atoms. The molecule has 1 aromatic carbocycles. The van der Waals surface area contributed by atoms with Crippen molar-refractivity contribution in [3.05, 3.63) is 51.8 Å². The number of nitrogens with zero attached hydrogens (tertiary/aromatic N) is 3. The summed E-state index contributed by atoms with van der Waals surface area (Å²) in [4.78, 5) is 19.2. The van der Waals surface area contributed by atoms with Crippen molar-refractivity contribution in [3.8, 4) is 11.4 Å². The molecule has 1 atom stereocenters. The van der Waals surface area contributed by atoms with Crippen molar-refractivity contribution in [2.75, 3.05) is 0 Å². The maximum absolute atomic E-state index is 10.8. The van der Waals surface area contributed by atoms with Gasteiger partial charge in [-0.1, -0.05) is 12.1 Å². The fourth-order valence-corrected chi connectivity index (χ4v) is 1.96. The Labute approximate surface area is 116 Å². The highest BCUT2D eigenvalue weighted by atomic mass is 16.6. The van der Waals surface area contributed by atoms with Gasteiger partial charge in [-0.15, -0.1) is 0 Å². The maximum Gasteiger partial charge on any atom is 0.270 e. The van der Waals surface area contributed by atoms with Crippen LogP contribution in [-0.4, -0.2) is 20.9 Å². The molecule has 2 N–H and O–H groups in total. The van der Waals surface area contributed by atoms with Crippen LogP contribution in [0.1, 0.15) is 18.3 Å². The summed E-state index contributed by atoms with van der Waals surface area (Å²) >= 11 is 0. The van der Waals surface area contributed by atoms with Crippen molar-refractivity contribution in [2.24, 2.45) is 5.73 Å². The summed E-state index contributed by atoms with van der Waals surface area (Å²) in [6, 6.07) is 8.20. The summed E-state index contributed by atoms with van der Waals surface area (Å²) in [5.41, 5.74) is 8.10. The Morgan fingerprint density at radius 1 is 1.35 bits per heavy atom. The standard InChI is InChI=1S/C14H16N4O2/c1-9(15)6-12-7-10(2)16-14(17-12)11-4-3-5-13(8-11)18(19)20/h3-5,7-9H,6,15H2,1-2H3. The SMILES string of the molecule is Cc1cc(CC(C)N)nc(-c2cccc([N+](=O)[O-])c2)n1. The Morgan fingerprint density at radius 2 is 2.10 bits per heavy atom. The lowest BCUT2D eigenvalue weighted by Gasteiger charge is -2.08. The molecule has 0 saturated carbocycles. The van der Waals surface area contributed by atoms with Crippen LogP contribution in [0.3, 0.4) is 0 Å². The Bertz CT molecular complexity index is 641. The minimum absolute atomic E-state index is 0.00209. The van der Waals surface area contributed by atoms with E-state index in [4.69, 9.17) is 5.73 Å².